The van der Waals surface area contributed by atoms with Gasteiger partial charge < -0.3 is 15.0 Å². The molecule has 25 heavy (non-hydrogen) atoms. The van der Waals surface area contributed by atoms with Crippen LogP contribution in [0.2, 0.25) is 0 Å². The molecule has 0 N–H and O–H groups in total. The van der Waals surface area contributed by atoms with Crippen molar-refractivity contribution in [3.63, 3.8) is 0 Å². The van der Waals surface area contributed by atoms with Gasteiger partial charge in [-0.3, -0.25) is 0 Å². The summed E-state index contributed by atoms with van der Waals surface area (Å²) in [6.07, 6.45) is 0.485. The highest BCUT2D eigenvalue weighted by Crippen LogP contribution is 2.45. The fraction of sp³-hybridized carbons (Fsp3) is 0.300. The molecule has 5 heteroatoms. The van der Waals surface area contributed by atoms with Crippen molar-refractivity contribution in [1.29, 1.82) is 0 Å². The zero-order valence-electron chi connectivity index (χ0n) is 14.7. The van der Waals surface area contributed by atoms with E-state index < -0.39 is 5.66 Å². The van der Waals surface area contributed by atoms with E-state index in [1.807, 2.05) is 44.2 Å². The van der Waals surface area contributed by atoms with E-state index in [9.17, 15) is 10.1 Å². The number of ether oxygens (including phenoxy) is 1. The standard InChI is InChI=1S/C20H22N2O3/c1-4-18-19(15-9-7-6-8-10-15)22(24)20(3,21(18)23)16-11-13-17(14-12-16)25-5-2/h6-14H,4-5H2,1-3H3. The molecule has 2 aromatic rings. The Morgan fingerprint density at radius 3 is 2.28 bits per heavy atom. The minimum atomic E-state index is -1.33. The number of hydrogen-bond acceptors (Lipinski definition) is 4. The molecule has 1 unspecified atom stereocenters. The van der Waals surface area contributed by atoms with E-state index in [1.54, 1.807) is 31.2 Å². The van der Waals surface area contributed by atoms with Gasteiger partial charge in [-0.1, -0.05) is 25.1 Å². The van der Waals surface area contributed by atoms with E-state index in [0.29, 0.717) is 30.0 Å². The van der Waals surface area contributed by atoms with Crippen LogP contribution in [-0.2, 0) is 5.66 Å². The molecule has 1 aliphatic heterocycles. The highest BCUT2D eigenvalue weighted by molar-refractivity contribution is 5.64. The Hall–Kier alpha value is -2.66. The molecule has 0 fully saturated rings. The zero-order valence-corrected chi connectivity index (χ0v) is 14.7. The van der Waals surface area contributed by atoms with Gasteiger partial charge in [-0.2, -0.15) is 0 Å². The minimum absolute atomic E-state index is 0.439. The summed E-state index contributed by atoms with van der Waals surface area (Å²) in [5.74, 6) is 0.717. The second-order valence-corrected chi connectivity index (χ2v) is 6.08. The van der Waals surface area contributed by atoms with Gasteiger partial charge in [-0.05, 0) is 49.7 Å². The molecule has 130 valence electrons. The van der Waals surface area contributed by atoms with Gasteiger partial charge in [0.05, 0.1) is 22.6 Å². The fourth-order valence-electron chi connectivity index (χ4n) is 3.24. The zero-order chi connectivity index (χ0) is 18.0. The summed E-state index contributed by atoms with van der Waals surface area (Å²) in [7, 11) is 0. The van der Waals surface area contributed by atoms with Crippen molar-refractivity contribution in [2.75, 3.05) is 6.61 Å². The molecule has 0 bridgehead atoms. The first-order valence-corrected chi connectivity index (χ1v) is 8.50. The molecule has 5 nitrogen and oxygen atoms in total. The Morgan fingerprint density at radius 1 is 1.08 bits per heavy atom. The molecule has 0 aliphatic carbocycles. The van der Waals surface area contributed by atoms with Crippen molar-refractivity contribution in [3.05, 3.63) is 81.5 Å². The number of allylic oxidation sites excluding steroid dienone is 1. The molecule has 3 rings (SSSR count). The smallest absolute Gasteiger partial charge is 0.306 e. The molecule has 0 aromatic heterocycles. The van der Waals surface area contributed by atoms with E-state index in [1.165, 1.54) is 0 Å². The van der Waals surface area contributed by atoms with Crippen molar-refractivity contribution < 1.29 is 9.50 Å². The topological polar surface area (TPSA) is 55.6 Å². The van der Waals surface area contributed by atoms with Crippen LogP contribution in [0, 0.1) is 10.1 Å². The predicted octanol–water partition coefficient (Wildman–Crippen LogP) is 4.63. The van der Waals surface area contributed by atoms with Crippen LogP contribution < -0.4 is 4.74 Å². The Bertz CT molecular complexity index is 799. The first-order chi connectivity index (χ1) is 12.0. The Balaban J connectivity index is 2.05. The van der Waals surface area contributed by atoms with Crippen molar-refractivity contribution in [2.24, 2.45) is 0 Å². The van der Waals surface area contributed by atoms with Gasteiger partial charge >= 0.3 is 5.66 Å². The first kappa shape index (κ1) is 17.2. The van der Waals surface area contributed by atoms with E-state index >= 15 is 0 Å². The molecule has 1 aliphatic rings. The predicted molar refractivity (Wildman–Crippen MR) is 97.4 cm³/mol. The number of benzene rings is 2. The van der Waals surface area contributed by atoms with Crippen LogP contribution in [0.5, 0.6) is 5.75 Å². The number of hydroxylamine groups is 2. The number of nitroso groups, excluding NO2 is 1. The molecule has 2 aromatic carbocycles. The maximum absolute atomic E-state index is 13.2. The van der Waals surface area contributed by atoms with Gasteiger partial charge in [0.2, 0.25) is 0 Å². The largest absolute Gasteiger partial charge is 0.753 e. The summed E-state index contributed by atoms with van der Waals surface area (Å²) in [6.45, 7) is 6.03. The first-order valence-electron chi connectivity index (χ1n) is 8.50. The van der Waals surface area contributed by atoms with Crippen molar-refractivity contribution in [2.45, 2.75) is 32.9 Å². The van der Waals surface area contributed by atoms with Crippen LogP contribution in [0.4, 0.5) is 0 Å². The monoisotopic (exact) mass is 338 g/mol. The normalized spacial score (nSPS) is 20.3. The number of nitrogens with zero attached hydrogens (tertiary/aromatic N) is 2. The Morgan fingerprint density at radius 2 is 1.72 bits per heavy atom. The third kappa shape index (κ3) is 2.70. The van der Waals surface area contributed by atoms with E-state index in [0.717, 1.165) is 21.1 Å². The van der Waals surface area contributed by atoms with Crippen molar-refractivity contribution in [1.82, 2.24) is 5.06 Å². The quantitative estimate of drug-likeness (QED) is 0.746. The lowest BCUT2D eigenvalue weighted by atomic mass is 10.0. The van der Waals surface area contributed by atoms with E-state index in [2.05, 4.69) is 0 Å². The second kappa shape index (κ2) is 6.69. The van der Waals surface area contributed by atoms with Gasteiger partial charge in [-0.15, -0.1) is 0 Å². The van der Waals surface area contributed by atoms with Crippen LogP contribution in [-0.4, -0.2) is 16.4 Å². The molecular weight excluding hydrogens is 316 g/mol. The average Bonchev–Trinajstić information content (AvgIpc) is 2.84. The summed E-state index contributed by atoms with van der Waals surface area (Å²) in [6, 6.07) is 16.5. The highest BCUT2D eigenvalue weighted by Gasteiger charge is 2.54. The summed E-state index contributed by atoms with van der Waals surface area (Å²) in [4.78, 5) is 13.2. The van der Waals surface area contributed by atoms with Gasteiger partial charge in [0.25, 0.3) is 5.70 Å². The number of rotatable bonds is 5. The second-order valence-electron chi connectivity index (χ2n) is 6.08. The minimum Gasteiger partial charge on any atom is -0.753 e. The van der Waals surface area contributed by atoms with E-state index in [4.69, 9.17) is 4.74 Å². The van der Waals surface area contributed by atoms with Crippen molar-refractivity contribution in [3.8, 4) is 5.75 Å². The van der Waals surface area contributed by atoms with Crippen LogP contribution in [0.15, 0.2) is 60.3 Å². The van der Waals surface area contributed by atoms with Gasteiger partial charge in [0.15, 0.2) is 0 Å². The van der Waals surface area contributed by atoms with Gasteiger partial charge in [0, 0.05) is 17.4 Å². The summed E-state index contributed by atoms with van der Waals surface area (Å²) in [5.41, 5.74) is 0.996. The van der Waals surface area contributed by atoms with Crippen molar-refractivity contribution >= 4 is 5.70 Å². The maximum Gasteiger partial charge on any atom is 0.306 e. The summed E-state index contributed by atoms with van der Waals surface area (Å²) in [5, 5.41) is 13.9. The lowest BCUT2D eigenvalue weighted by Crippen LogP contribution is -2.41. The fourth-order valence-corrected chi connectivity index (χ4v) is 3.24. The molecule has 1 atom stereocenters. The van der Waals surface area contributed by atoms with Crippen LogP contribution in [0.25, 0.3) is 5.70 Å². The molecule has 0 spiro atoms. The van der Waals surface area contributed by atoms with Crippen LogP contribution in [0.1, 0.15) is 38.3 Å². The van der Waals surface area contributed by atoms with E-state index in [-0.39, 0.29) is 0 Å². The third-order valence-electron chi connectivity index (χ3n) is 4.61. The van der Waals surface area contributed by atoms with Gasteiger partial charge in [-0.25, -0.2) is 0 Å². The SMILES string of the molecule is CCOc1ccc(C2(C)N([O-])C(CC)=C(c3ccccc3)[N+]2=O)cc1. The summed E-state index contributed by atoms with van der Waals surface area (Å²) < 4.78 is 6.29. The lowest BCUT2D eigenvalue weighted by molar-refractivity contribution is -0.565. The third-order valence-corrected chi connectivity index (χ3v) is 4.61. The maximum atomic E-state index is 13.2. The molecule has 0 saturated heterocycles. The molecule has 0 saturated carbocycles. The molecular formula is C20H22N2O3. The van der Waals surface area contributed by atoms with Crippen LogP contribution >= 0.6 is 0 Å². The molecule has 0 radical (unpaired) electrons. The lowest BCUT2D eigenvalue weighted by Gasteiger charge is -2.35. The Labute approximate surface area is 147 Å². The van der Waals surface area contributed by atoms with Gasteiger partial charge in [0.1, 0.15) is 5.75 Å². The highest BCUT2D eigenvalue weighted by atomic mass is 16.5. The van der Waals surface area contributed by atoms with Crippen LogP contribution in [0.3, 0.4) is 0 Å². The molecule has 1 heterocycles. The average molecular weight is 338 g/mol. The molecule has 0 amide bonds. The number of hydrogen-bond donors (Lipinski definition) is 0. The Kier molecular flexibility index (Phi) is 4.59. The summed E-state index contributed by atoms with van der Waals surface area (Å²) >= 11 is 0.